The molecule has 2 rings (SSSR count). The lowest BCUT2D eigenvalue weighted by Crippen LogP contribution is -2.36. The van der Waals surface area contributed by atoms with Gasteiger partial charge in [-0.2, -0.15) is 15.0 Å². The quantitative estimate of drug-likeness (QED) is 0.770. The summed E-state index contributed by atoms with van der Waals surface area (Å²) in [5.41, 5.74) is 0.383. The van der Waals surface area contributed by atoms with Crippen LogP contribution in [0.1, 0.15) is 53.4 Å². The van der Waals surface area contributed by atoms with E-state index in [1.807, 2.05) is 6.26 Å². The zero-order chi connectivity index (χ0) is 16.2. The Morgan fingerprint density at radius 2 is 1.91 bits per heavy atom. The molecule has 0 amide bonds. The average Bonchev–Trinajstić information content (AvgIpc) is 2.42. The van der Waals surface area contributed by atoms with Crippen molar-refractivity contribution in [3.8, 4) is 0 Å². The van der Waals surface area contributed by atoms with Crippen LogP contribution >= 0.6 is 11.8 Å². The van der Waals surface area contributed by atoms with E-state index >= 15 is 0 Å². The first-order chi connectivity index (χ1) is 10.4. The van der Waals surface area contributed by atoms with Crippen LogP contribution in [-0.4, -0.2) is 33.8 Å². The van der Waals surface area contributed by atoms with Crippen molar-refractivity contribution in [3.05, 3.63) is 0 Å². The molecule has 2 N–H and O–H groups in total. The zero-order valence-electron chi connectivity index (χ0n) is 14.4. The summed E-state index contributed by atoms with van der Waals surface area (Å²) >= 11 is 1.55. The third-order valence-corrected chi connectivity index (χ3v) is 4.60. The summed E-state index contributed by atoms with van der Waals surface area (Å²) in [6, 6.07) is 0.440. The van der Waals surface area contributed by atoms with E-state index in [1.165, 1.54) is 12.8 Å². The first-order valence-corrected chi connectivity index (χ1v) is 9.45. The maximum atomic E-state index is 4.53. The van der Waals surface area contributed by atoms with Gasteiger partial charge < -0.3 is 10.6 Å². The number of anilines is 2. The standard InChI is InChI=1S/C16H29N5S/c1-6-7-17-13-19-14(21-15(20-13)22-5)18-12-8-11(2)9-16(3,4)10-12/h11-12H,6-10H2,1-5H3,(H2,17,18,19,20,21). The van der Waals surface area contributed by atoms with E-state index in [4.69, 9.17) is 0 Å². The molecule has 124 valence electrons. The minimum absolute atomic E-state index is 0.383. The molecule has 0 aromatic carbocycles. The predicted molar refractivity (Wildman–Crippen MR) is 94.6 cm³/mol. The summed E-state index contributed by atoms with van der Waals surface area (Å²) in [5, 5.41) is 7.56. The molecular formula is C16H29N5S. The minimum Gasteiger partial charge on any atom is -0.354 e. The summed E-state index contributed by atoms with van der Waals surface area (Å²) < 4.78 is 0. The monoisotopic (exact) mass is 323 g/mol. The van der Waals surface area contributed by atoms with Gasteiger partial charge in [0.25, 0.3) is 0 Å². The van der Waals surface area contributed by atoms with E-state index in [9.17, 15) is 0 Å². The fourth-order valence-electron chi connectivity index (χ4n) is 3.47. The third kappa shape index (κ3) is 5.00. The van der Waals surface area contributed by atoms with Crippen molar-refractivity contribution < 1.29 is 0 Å². The van der Waals surface area contributed by atoms with Crippen molar-refractivity contribution >= 4 is 23.7 Å². The van der Waals surface area contributed by atoms with Crippen molar-refractivity contribution in [2.45, 2.75) is 64.6 Å². The highest BCUT2D eigenvalue weighted by molar-refractivity contribution is 7.98. The van der Waals surface area contributed by atoms with Crippen LogP contribution in [0.25, 0.3) is 0 Å². The lowest BCUT2D eigenvalue weighted by Gasteiger charge is -2.39. The summed E-state index contributed by atoms with van der Waals surface area (Å²) in [4.78, 5) is 13.5. The molecule has 2 unspecified atom stereocenters. The second-order valence-electron chi connectivity index (χ2n) is 7.15. The van der Waals surface area contributed by atoms with Crippen LogP contribution in [0.3, 0.4) is 0 Å². The number of thioether (sulfide) groups is 1. The van der Waals surface area contributed by atoms with Gasteiger partial charge in [0.2, 0.25) is 11.9 Å². The largest absolute Gasteiger partial charge is 0.354 e. The van der Waals surface area contributed by atoms with Crippen LogP contribution in [0.2, 0.25) is 0 Å². The molecule has 1 fully saturated rings. The molecule has 0 radical (unpaired) electrons. The molecule has 5 nitrogen and oxygen atoms in total. The Balaban J connectivity index is 2.10. The first-order valence-electron chi connectivity index (χ1n) is 8.22. The van der Waals surface area contributed by atoms with Gasteiger partial charge in [-0.05, 0) is 43.3 Å². The van der Waals surface area contributed by atoms with Crippen LogP contribution < -0.4 is 10.6 Å². The minimum atomic E-state index is 0.383. The summed E-state index contributed by atoms with van der Waals surface area (Å²) in [5.74, 6) is 2.11. The number of nitrogens with one attached hydrogen (secondary N) is 2. The number of hydrogen-bond acceptors (Lipinski definition) is 6. The Morgan fingerprint density at radius 3 is 2.55 bits per heavy atom. The number of aromatic nitrogens is 3. The van der Waals surface area contributed by atoms with Gasteiger partial charge in [0, 0.05) is 12.6 Å². The second-order valence-corrected chi connectivity index (χ2v) is 7.92. The maximum Gasteiger partial charge on any atom is 0.228 e. The molecular weight excluding hydrogens is 294 g/mol. The topological polar surface area (TPSA) is 62.7 Å². The molecule has 22 heavy (non-hydrogen) atoms. The Morgan fingerprint density at radius 1 is 1.18 bits per heavy atom. The molecule has 2 atom stereocenters. The van der Waals surface area contributed by atoms with Gasteiger partial charge in [-0.15, -0.1) is 0 Å². The fraction of sp³-hybridized carbons (Fsp3) is 0.812. The molecule has 1 saturated carbocycles. The van der Waals surface area contributed by atoms with Crippen LogP contribution in [0, 0.1) is 11.3 Å². The van der Waals surface area contributed by atoms with Crippen molar-refractivity contribution in [3.63, 3.8) is 0 Å². The molecule has 0 bridgehead atoms. The molecule has 1 aromatic heterocycles. The van der Waals surface area contributed by atoms with Gasteiger partial charge in [0.15, 0.2) is 5.16 Å². The number of rotatable bonds is 6. The lowest BCUT2D eigenvalue weighted by atomic mass is 9.71. The highest BCUT2D eigenvalue weighted by atomic mass is 32.2. The molecule has 1 heterocycles. The molecule has 1 aromatic rings. The van der Waals surface area contributed by atoms with Gasteiger partial charge in [-0.3, -0.25) is 0 Å². The number of hydrogen-bond donors (Lipinski definition) is 2. The van der Waals surface area contributed by atoms with E-state index in [1.54, 1.807) is 11.8 Å². The Bertz CT molecular complexity index is 491. The van der Waals surface area contributed by atoms with Gasteiger partial charge in [-0.1, -0.05) is 39.5 Å². The first kappa shape index (κ1) is 17.3. The van der Waals surface area contributed by atoms with E-state index in [0.29, 0.717) is 23.4 Å². The fourth-order valence-corrected chi connectivity index (χ4v) is 3.82. The highest BCUT2D eigenvalue weighted by Crippen LogP contribution is 2.39. The SMILES string of the molecule is CCCNc1nc(NC2CC(C)CC(C)(C)C2)nc(SC)n1. The van der Waals surface area contributed by atoms with E-state index < -0.39 is 0 Å². The lowest BCUT2D eigenvalue weighted by molar-refractivity contribution is 0.177. The Labute approximate surface area is 138 Å². The van der Waals surface area contributed by atoms with Crippen molar-refractivity contribution in [1.82, 2.24) is 15.0 Å². The molecule has 6 heteroatoms. The smallest absolute Gasteiger partial charge is 0.228 e. The van der Waals surface area contributed by atoms with E-state index in [2.05, 4.69) is 53.3 Å². The highest BCUT2D eigenvalue weighted by Gasteiger charge is 2.32. The summed E-state index contributed by atoms with van der Waals surface area (Å²) in [6.45, 7) is 10.1. The molecule has 0 aliphatic heterocycles. The molecule has 0 saturated heterocycles. The van der Waals surface area contributed by atoms with Crippen LogP contribution in [0.4, 0.5) is 11.9 Å². The van der Waals surface area contributed by atoms with E-state index in [-0.39, 0.29) is 0 Å². The van der Waals surface area contributed by atoms with Gasteiger partial charge >= 0.3 is 0 Å². The van der Waals surface area contributed by atoms with Crippen molar-refractivity contribution in [1.29, 1.82) is 0 Å². The predicted octanol–water partition coefficient (Wildman–Crippen LogP) is 4.04. The summed E-state index contributed by atoms with van der Waals surface area (Å²) in [7, 11) is 0. The van der Waals surface area contributed by atoms with Gasteiger partial charge in [0.05, 0.1) is 0 Å². The zero-order valence-corrected chi connectivity index (χ0v) is 15.3. The third-order valence-electron chi connectivity index (χ3n) is 4.05. The second kappa shape index (κ2) is 7.49. The maximum absolute atomic E-state index is 4.53. The van der Waals surface area contributed by atoms with Crippen LogP contribution in [0.15, 0.2) is 5.16 Å². The molecule has 1 aliphatic rings. The average molecular weight is 324 g/mol. The van der Waals surface area contributed by atoms with E-state index in [0.717, 1.165) is 30.5 Å². The van der Waals surface area contributed by atoms with Crippen LogP contribution in [-0.2, 0) is 0 Å². The van der Waals surface area contributed by atoms with Crippen LogP contribution in [0.5, 0.6) is 0 Å². The van der Waals surface area contributed by atoms with Gasteiger partial charge in [0.1, 0.15) is 0 Å². The molecule has 1 aliphatic carbocycles. The normalized spacial score (nSPS) is 24.0. The Hall–Kier alpha value is -1.04. The van der Waals surface area contributed by atoms with Crippen molar-refractivity contribution in [2.24, 2.45) is 11.3 Å². The Kier molecular flexibility index (Phi) is 5.89. The van der Waals surface area contributed by atoms with Crippen molar-refractivity contribution in [2.75, 3.05) is 23.4 Å². The molecule has 0 spiro atoms. The van der Waals surface area contributed by atoms with Gasteiger partial charge in [-0.25, -0.2) is 0 Å². The number of nitrogens with zero attached hydrogens (tertiary/aromatic N) is 3. The summed E-state index contributed by atoms with van der Waals surface area (Å²) in [6.07, 6.45) is 6.68.